The lowest BCUT2D eigenvalue weighted by Gasteiger charge is -2.20. The van der Waals surface area contributed by atoms with Gasteiger partial charge in [0.05, 0.1) is 23.4 Å². The summed E-state index contributed by atoms with van der Waals surface area (Å²) in [5.41, 5.74) is 0.918. The number of aliphatic hydroxyl groups is 1. The molecule has 0 unspecified atom stereocenters. The third-order valence-electron chi connectivity index (χ3n) is 4.38. The summed E-state index contributed by atoms with van der Waals surface area (Å²) in [5, 5.41) is 17.3. The van der Waals surface area contributed by atoms with Crippen molar-refractivity contribution in [2.24, 2.45) is 0 Å². The van der Waals surface area contributed by atoms with Crippen LogP contribution in [0, 0.1) is 0 Å². The topological polar surface area (TPSA) is 137 Å². The van der Waals surface area contributed by atoms with Crippen LogP contribution in [0.25, 0.3) is 0 Å². The van der Waals surface area contributed by atoms with Gasteiger partial charge in [-0.1, -0.05) is 11.6 Å². The third kappa shape index (κ3) is 6.58. The Morgan fingerprint density at radius 1 is 1.35 bits per heavy atom. The maximum absolute atomic E-state index is 12.5. The SMILES string of the molecule is CN1CCc2nc(C(=O)N[C@H](CO)CNC(=O)C(=O)Nc3ncccc3Cl)sc2C1.Cl. The lowest BCUT2D eigenvalue weighted by atomic mass is 10.2. The Kier molecular flexibility index (Phi) is 9.14. The standard InChI is InChI=1S/C18H21ClN6O4S.ClH/c1-25-6-4-12-13(8-25)30-18(23-12)17(29)22-10(9-26)7-21-15(27)16(28)24-14-11(19)3-2-5-20-14;/h2-3,5,10,26H,4,6-9H2,1H3,(H,21,27)(H,22,29)(H,20,24,28);1H/t10-;/m0./s1. The van der Waals surface area contributed by atoms with Crippen molar-refractivity contribution >= 4 is 58.9 Å². The van der Waals surface area contributed by atoms with E-state index in [1.54, 1.807) is 6.07 Å². The highest BCUT2D eigenvalue weighted by Gasteiger charge is 2.23. The van der Waals surface area contributed by atoms with Gasteiger partial charge in [0.25, 0.3) is 5.91 Å². The van der Waals surface area contributed by atoms with Gasteiger partial charge in [0.15, 0.2) is 10.8 Å². The number of hydrogen-bond donors (Lipinski definition) is 4. The lowest BCUT2D eigenvalue weighted by molar-refractivity contribution is -0.136. The number of thiazole rings is 1. The Bertz CT molecular complexity index is 957. The molecule has 2 aromatic rings. The van der Waals surface area contributed by atoms with E-state index in [4.69, 9.17) is 11.6 Å². The number of hydrogen-bond acceptors (Lipinski definition) is 8. The lowest BCUT2D eigenvalue weighted by Crippen LogP contribution is -2.48. The van der Waals surface area contributed by atoms with Gasteiger partial charge in [-0.25, -0.2) is 9.97 Å². The monoisotopic (exact) mass is 488 g/mol. The molecule has 1 aliphatic rings. The zero-order valence-electron chi connectivity index (χ0n) is 16.6. The minimum Gasteiger partial charge on any atom is -0.394 e. The van der Waals surface area contributed by atoms with Gasteiger partial charge in [-0.2, -0.15) is 0 Å². The first-order valence-electron chi connectivity index (χ1n) is 9.16. The van der Waals surface area contributed by atoms with Gasteiger partial charge in [0.1, 0.15) is 0 Å². The number of anilines is 1. The average Bonchev–Trinajstić information content (AvgIpc) is 3.15. The summed E-state index contributed by atoms with van der Waals surface area (Å²) >= 11 is 7.20. The van der Waals surface area contributed by atoms with Crippen molar-refractivity contribution in [3.63, 3.8) is 0 Å². The summed E-state index contributed by atoms with van der Waals surface area (Å²) in [6.07, 6.45) is 2.20. The molecule has 4 N–H and O–H groups in total. The van der Waals surface area contributed by atoms with Crippen LogP contribution in [-0.4, -0.2) is 70.5 Å². The van der Waals surface area contributed by atoms with Crippen molar-refractivity contribution in [3.8, 4) is 0 Å². The molecule has 0 aromatic carbocycles. The Morgan fingerprint density at radius 3 is 2.84 bits per heavy atom. The molecule has 31 heavy (non-hydrogen) atoms. The number of halogens is 2. The number of nitrogens with one attached hydrogen (secondary N) is 3. The van der Waals surface area contributed by atoms with Crippen LogP contribution in [0.1, 0.15) is 20.4 Å². The molecule has 2 aromatic heterocycles. The first-order chi connectivity index (χ1) is 14.4. The first-order valence-corrected chi connectivity index (χ1v) is 10.4. The molecule has 3 amide bonds. The number of carbonyl (C=O) groups excluding carboxylic acids is 3. The van der Waals surface area contributed by atoms with E-state index < -0.39 is 30.4 Å². The quantitative estimate of drug-likeness (QED) is 0.433. The highest BCUT2D eigenvalue weighted by Crippen LogP contribution is 2.24. The van der Waals surface area contributed by atoms with Crippen LogP contribution >= 0.6 is 35.3 Å². The second-order valence-electron chi connectivity index (χ2n) is 6.73. The van der Waals surface area contributed by atoms with Crippen molar-refractivity contribution in [1.29, 1.82) is 0 Å². The van der Waals surface area contributed by atoms with Gasteiger partial charge >= 0.3 is 11.8 Å². The van der Waals surface area contributed by atoms with Crippen LogP contribution in [0.3, 0.4) is 0 Å². The van der Waals surface area contributed by atoms with E-state index in [2.05, 4.69) is 30.8 Å². The van der Waals surface area contributed by atoms with E-state index in [1.807, 2.05) is 7.05 Å². The zero-order chi connectivity index (χ0) is 21.7. The average molecular weight is 489 g/mol. The highest BCUT2D eigenvalue weighted by molar-refractivity contribution is 7.13. The van der Waals surface area contributed by atoms with E-state index in [-0.39, 0.29) is 29.8 Å². The molecule has 168 valence electrons. The number of likely N-dealkylation sites (N-methyl/N-ethyl adjacent to an activating group) is 1. The molecule has 0 fully saturated rings. The molecule has 0 saturated carbocycles. The summed E-state index contributed by atoms with van der Waals surface area (Å²) in [7, 11) is 2.00. The van der Waals surface area contributed by atoms with E-state index in [0.717, 1.165) is 30.1 Å². The second kappa shape index (κ2) is 11.3. The summed E-state index contributed by atoms with van der Waals surface area (Å²) in [6.45, 7) is 1.07. The van der Waals surface area contributed by atoms with Crippen LogP contribution < -0.4 is 16.0 Å². The minimum atomic E-state index is -0.963. The molecule has 13 heteroatoms. The Labute approximate surface area is 193 Å². The maximum atomic E-state index is 12.5. The number of rotatable bonds is 6. The fourth-order valence-corrected chi connectivity index (χ4v) is 4.03. The van der Waals surface area contributed by atoms with Crippen molar-refractivity contribution in [3.05, 3.63) is 38.9 Å². The fraction of sp³-hybridized carbons (Fsp3) is 0.389. The first kappa shape index (κ1) is 25.0. The van der Waals surface area contributed by atoms with Crippen LogP contribution in [-0.2, 0) is 22.6 Å². The molecular formula is C18H22Cl2N6O4S. The number of amides is 3. The van der Waals surface area contributed by atoms with Crippen molar-refractivity contribution in [2.75, 3.05) is 32.1 Å². The molecule has 0 aliphatic carbocycles. The Morgan fingerprint density at radius 2 is 2.13 bits per heavy atom. The second-order valence-corrected chi connectivity index (χ2v) is 8.22. The number of aromatic nitrogens is 2. The number of nitrogens with zero attached hydrogens (tertiary/aromatic N) is 3. The molecular weight excluding hydrogens is 467 g/mol. The predicted molar refractivity (Wildman–Crippen MR) is 119 cm³/mol. The largest absolute Gasteiger partial charge is 0.394 e. The Balaban J connectivity index is 0.00000341. The third-order valence-corrected chi connectivity index (χ3v) is 5.76. The smallest absolute Gasteiger partial charge is 0.314 e. The molecule has 10 nitrogen and oxygen atoms in total. The minimum absolute atomic E-state index is 0. The Hall–Kier alpha value is -2.31. The molecule has 0 saturated heterocycles. The van der Waals surface area contributed by atoms with Crippen LogP contribution in [0.15, 0.2) is 18.3 Å². The number of aliphatic hydroxyl groups excluding tert-OH is 1. The number of carbonyl (C=O) groups is 3. The molecule has 0 bridgehead atoms. The molecule has 3 heterocycles. The fourth-order valence-electron chi connectivity index (χ4n) is 2.77. The molecule has 0 spiro atoms. The predicted octanol–water partition coefficient (Wildman–Crippen LogP) is 0.447. The maximum Gasteiger partial charge on any atom is 0.314 e. The molecule has 0 radical (unpaired) electrons. The van der Waals surface area contributed by atoms with Gasteiger partial charge in [0.2, 0.25) is 0 Å². The molecule has 3 rings (SSSR count). The van der Waals surface area contributed by atoms with Gasteiger partial charge in [-0.05, 0) is 19.2 Å². The number of pyridine rings is 1. The van der Waals surface area contributed by atoms with Crippen molar-refractivity contribution < 1.29 is 19.5 Å². The van der Waals surface area contributed by atoms with Gasteiger partial charge in [0, 0.05) is 37.1 Å². The van der Waals surface area contributed by atoms with E-state index >= 15 is 0 Å². The normalized spacial score (nSPS) is 14.0. The van der Waals surface area contributed by atoms with Crippen molar-refractivity contribution in [1.82, 2.24) is 25.5 Å². The summed E-state index contributed by atoms with van der Waals surface area (Å²) in [5.74, 6) is -2.28. The molecule has 1 aliphatic heterocycles. The highest BCUT2D eigenvalue weighted by atomic mass is 35.5. The van der Waals surface area contributed by atoms with Crippen LogP contribution in [0.2, 0.25) is 5.02 Å². The van der Waals surface area contributed by atoms with Gasteiger partial charge in [-0.15, -0.1) is 23.7 Å². The zero-order valence-corrected chi connectivity index (χ0v) is 18.9. The van der Waals surface area contributed by atoms with Crippen LogP contribution in [0.4, 0.5) is 5.82 Å². The van der Waals surface area contributed by atoms with E-state index in [1.165, 1.54) is 23.6 Å². The van der Waals surface area contributed by atoms with Gasteiger partial charge in [-0.3, -0.25) is 14.4 Å². The van der Waals surface area contributed by atoms with Crippen LogP contribution in [0.5, 0.6) is 0 Å². The van der Waals surface area contributed by atoms with Gasteiger partial charge < -0.3 is 26.0 Å². The molecule has 1 atom stereocenters. The summed E-state index contributed by atoms with van der Waals surface area (Å²) in [4.78, 5) is 47.9. The van der Waals surface area contributed by atoms with Crippen molar-refractivity contribution in [2.45, 2.75) is 19.0 Å². The van der Waals surface area contributed by atoms with E-state index in [9.17, 15) is 19.5 Å². The summed E-state index contributed by atoms with van der Waals surface area (Å²) in [6, 6.07) is 2.33. The van der Waals surface area contributed by atoms with E-state index in [0.29, 0.717) is 5.01 Å². The summed E-state index contributed by atoms with van der Waals surface area (Å²) < 4.78 is 0. The number of fused-ring (bicyclic) bond motifs is 1.